The second-order valence-corrected chi connectivity index (χ2v) is 2.35. The minimum atomic E-state index is -1.09. The number of ether oxygens (including phenoxy) is 1. The predicted octanol–water partition coefficient (Wildman–Crippen LogP) is 0.128. The van der Waals surface area contributed by atoms with E-state index in [1.807, 2.05) is 0 Å². The molecule has 11 heavy (non-hydrogen) atoms. The van der Waals surface area contributed by atoms with Crippen molar-refractivity contribution in [1.82, 2.24) is 0 Å². The topological polar surface area (TPSA) is 66.8 Å². The van der Waals surface area contributed by atoms with Crippen molar-refractivity contribution in [3.63, 3.8) is 0 Å². The minimum absolute atomic E-state index is 0.0706. The van der Waals surface area contributed by atoms with Crippen LogP contribution in [0.15, 0.2) is 11.3 Å². The number of rotatable bonds is 2. The number of carboxylic acid groups (broad SMARTS) is 1. The Kier molecular flexibility index (Phi) is 2.48. The molecule has 0 radical (unpaired) electrons. The molecular formula is C7H10O4. The molecule has 62 valence electrons. The van der Waals surface area contributed by atoms with E-state index in [1.54, 1.807) is 0 Å². The molecule has 1 heterocycles. The molecule has 0 unspecified atom stereocenters. The van der Waals surface area contributed by atoms with E-state index in [2.05, 4.69) is 0 Å². The number of hydrogen-bond acceptors (Lipinski definition) is 3. The van der Waals surface area contributed by atoms with E-state index in [1.165, 1.54) is 0 Å². The van der Waals surface area contributed by atoms with Crippen LogP contribution in [0.4, 0.5) is 0 Å². The first kappa shape index (κ1) is 8.07. The summed E-state index contributed by atoms with van der Waals surface area (Å²) in [5.41, 5.74) is 0.490. The van der Waals surface area contributed by atoms with Gasteiger partial charge in [0.2, 0.25) is 5.76 Å². The van der Waals surface area contributed by atoms with E-state index in [-0.39, 0.29) is 12.4 Å². The Morgan fingerprint density at radius 3 is 2.82 bits per heavy atom. The molecule has 0 saturated carbocycles. The molecule has 0 aromatic carbocycles. The van der Waals surface area contributed by atoms with Crippen LogP contribution in [0.25, 0.3) is 0 Å². The fourth-order valence-corrected chi connectivity index (χ4v) is 1.04. The van der Waals surface area contributed by atoms with E-state index in [0.717, 1.165) is 6.42 Å². The summed E-state index contributed by atoms with van der Waals surface area (Å²) >= 11 is 0. The van der Waals surface area contributed by atoms with Crippen LogP contribution in [0.1, 0.15) is 12.8 Å². The van der Waals surface area contributed by atoms with Gasteiger partial charge in [0.15, 0.2) is 0 Å². The SMILES string of the molecule is O=C(O)C1=C(CO)CCCO1. The van der Waals surface area contributed by atoms with Crippen molar-refractivity contribution in [2.24, 2.45) is 0 Å². The molecule has 0 amide bonds. The zero-order valence-corrected chi connectivity index (χ0v) is 6.04. The average Bonchev–Trinajstić information content (AvgIpc) is 2.04. The van der Waals surface area contributed by atoms with E-state index >= 15 is 0 Å². The highest BCUT2D eigenvalue weighted by Crippen LogP contribution is 2.18. The normalized spacial score (nSPS) is 17.9. The lowest BCUT2D eigenvalue weighted by molar-refractivity contribution is -0.137. The van der Waals surface area contributed by atoms with Crippen molar-refractivity contribution >= 4 is 5.97 Å². The Labute approximate surface area is 64.1 Å². The maximum atomic E-state index is 10.4. The standard InChI is InChI=1S/C7H10O4/c8-4-5-2-1-3-11-6(5)7(9)10/h8H,1-4H2,(H,9,10). The molecule has 2 N–H and O–H groups in total. The molecule has 4 heteroatoms. The molecule has 1 aliphatic rings. The summed E-state index contributed by atoms with van der Waals surface area (Å²) in [5, 5.41) is 17.3. The molecule has 0 saturated heterocycles. The Hall–Kier alpha value is -1.03. The van der Waals surface area contributed by atoms with Crippen LogP contribution >= 0.6 is 0 Å². The summed E-state index contributed by atoms with van der Waals surface area (Å²) in [6, 6.07) is 0. The summed E-state index contributed by atoms with van der Waals surface area (Å²) < 4.78 is 4.86. The van der Waals surface area contributed by atoms with Crippen LogP contribution in [0, 0.1) is 0 Å². The van der Waals surface area contributed by atoms with Gasteiger partial charge in [-0.15, -0.1) is 0 Å². The molecule has 0 aliphatic carbocycles. The first-order chi connectivity index (χ1) is 5.25. The van der Waals surface area contributed by atoms with Gasteiger partial charge >= 0.3 is 5.97 Å². The molecule has 1 aliphatic heterocycles. The van der Waals surface area contributed by atoms with Crippen LogP contribution in [-0.2, 0) is 9.53 Å². The summed E-state index contributed by atoms with van der Waals surface area (Å²) in [5.74, 6) is -1.16. The zero-order valence-electron chi connectivity index (χ0n) is 6.04. The number of aliphatic hydroxyl groups excluding tert-OH is 1. The second-order valence-electron chi connectivity index (χ2n) is 2.35. The third-order valence-corrected chi connectivity index (χ3v) is 1.58. The first-order valence-corrected chi connectivity index (χ1v) is 3.44. The molecule has 0 aromatic heterocycles. The van der Waals surface area contributed by atoms with Crippen molar-refractivity contribution in [1.29, 1.82) is 0 Å². The van der Waals surface area contributed by atoms with Gasteiger partial charge in [0.05, 0.1) is 13.2 Å². The average molecular weight is 158 g/mol. The van der Waals surface area contributed by atoms with Crippen molar-refractivity contribution in [2.75, 3.05) is 13.2 Å². The summed E-state index contributed by atoms with van der Waals surface area (Å²) in [6.45, 7) is 0.215. The Balaban J connectivity index is 2.81. The van der Waals surface area contributed by atoms with Gasteiger partial charge in [0.25, 0.3) is 0 Å². The molecule has 0 bridgehead atoms. The lowest BCUT2D eigenvalue weighted by Crippen LogP contribution is -2.16. The Morgan fingerprint density at radius 1 is 1.64 bits per heavy atom. The number of aliphatic hydroxyl groups is 1. The second kappa shape index (κ2) is 3.39. The minimum Gasteiger partial charge on any atom is -0.487 e. The highest BCUT2D eigenvalue weighted by atomic mass is 16.5. The molecule has 0 atom stereocenters. The van der Waals surface area contributed by atoms with Crippen LogP contribution in [0.2, 0.25) is 0 Å². The Morgan fingerprint density at radius 2 is 2.36 bits per heavy atom. The summed E-state index contributed by atoms with van der Waals surface area (Å²) in [4.78, 5) is 10.4. The van der Waals surface area contributed by atoms with E-state index in [4.69, 9.17) is 14.9 Å². The van der Waals surface area contributed by atoms with Gasteiger partial charge in [0.1, 0.15) is 0 Å². The molecule has 1 rings (SSSR count). The van der Waals surface area contributed by atoms with Crippen molar-refractivity contribution in [3.05, 3.63) is 11.3 Å². The van der Waals surface area contributed by atoms with Crippen LogP contribution in [0.3, 0.4) is 0 Å². The number of aliphatic carboxylic acids is 1. The van der Waals surface area contributed by atoms with Crippen LogP contribution < -0.4 is 0 Å². The fraction of sp³-hybridized carbons (Fsp3) is 0.571. The first-order valence-electron chi connectivity index (χ1n) is 3.44. The summed E-state index contributed by atoms with van der Waals surface area (Å²) in [6.07, 6.45) is 1.41. The molecule has 0 aromatic rings. The van der Waals surface area contributed by atoms with Gasteiger partial charge in [-0.2, -0.15) is 0 Å². The van der Waals surface area contributed by atoms with Crippen LogP contribution in [0.5, 0.6) is 0 Å². The smallest absolute Gasteiger partial charge is 0.371 e. The molecule has 4 nitrogen and oxygen atoms in total. The monoisotopic (exact) mass is 158 g/mol. The lowest BCUT2D eigenvalue weighted by atomic mass is 10.1. The highest BCUT2D eigenvalue weighted by molar-refractivity contribution is 5.85. The van der Waals surface area contributed by atoms with Gasteiger partial charge in [-0.25, -0.2) is 4.79 Å². The van der Waals surface area contributed by atoms with Crippen molar-refractivity contribution in [3.8, 4) is 0 Å². The summed E-state index contributed by atoms with van der Waals surface area (Å²) in [7, 11) is 0. The number of carboxylic acids is 1. The quantitative estimate of drug-likeness (QED) is 0.599. The maximum Gasteiger partial charge on any atom is 0.371 e. The van der Waals surface area contributed by atoms with E-state index in [9.17, 15) is 4.79 Å². The molecule has 0 fully saturated rings. The van der Waals surface area contributed by atoms with Gasteiger partial charge < -0.3 is 14.9 Å². The van der Waals surface area contributed by atoms with Crippen molar-refractivity contribution in [2.45, 2.75) is 12.8 Å². The van der Waals surface area contributed by atoms with Gasteiger partial charge in [-0.1, -0.05) is 0 Å². The lowest BCUT2D eigenvalue weighted by Gasteiger charge is -2.16. The number of hydrogen-bond donors (Lipinski definition) is 2. The number of carbonyl (C=O) groups is 1. The Bertz CT molecular complexity index is 195. The van der Waals surface area contributed by atoms with E-state index < -0.39 is 5.97 Å². The fourth-order valence-electron chi connectivity index (χ4n) is 1.04. The van der Waals surface area contributed by atoms with Gasteiger partial charge in [0, 0.05) is 5.57 Å². The van der Waals surface area contributed by atoms with Gasteiger partial charge in [-0.05, 0) is 12.8 Å². The predicted molar refractivity (Wildman–Crippen MR) is 36.9 cm³/mol. The molecular weight excluding hydrogens is 148 g/mol. The highest BCUT2D eigenvalue weighted by Gasteiger charge is 2.18. The van der Waals surface area contributed by atoms with Crippen LogP contribution in [-0.4, -0.2) is 29.4 Å². The third-order valence-electron chi connectivity index (χ3n) is 1.58. The largest absolute Gasteiger partial charge is 0.487 e. The van der Waals surface area contributed by atoms with Gasteiger partial charge in [-0.3, -0.25) is 0 Å². The molecule has 0 spiro atoms. The maximum absolute atomic E-state index is 10.4. The van der Waals surface area contributed by atoms with Crippen molar-refractivity contribution < 1.29 is 19.7 Å². The third kappa shape index (κ3) is 1.71. The van der Waals surface area contributed by atoms with E-state index in [0.29, 0.717) is 18.6 Å². The zero-order chi connectivity index (χ0) is 8.27.